The molecule has 0 aliphatic rings. The molecule has 19 heavy (non-hydrogen) atoms. The standard InChI is InChI=1S/C10H18N4O5/c1-5(8(16)12-2)13-10(19)14-6(9(17)18)3-4-7(11)15/h5-6H,3-4H2,1-2H3,(H2,11,15)(H,12,16)(H,17,18)(H2,13,14,19)/t5?,6-/m0/s1. The van der Waals surface area contributed by atoms with Crippen molar-refractivity contribution >= 4 is 23.8 Å². The molecule has 0 aliphatic carbocycles. The molecule has 0 heterocycles. The molecule has 0 aromatic rings. The summed E-state index contributed by atoms with van der Waals surface area (Å²) in [4.78, 5) is 44.0. The summed E-state index contributed by atoms with van der Waals surface area (Å²) in [6.45, 7) is 1.44. The van der Waals surface area contributed by atoms with Crippen LogP contribution in [0, 0.1) is 0 Å². The minimum Gasteiger partial charge on any atom is -0.480 e. The van der Waals surface area contributed by atoms with E-state index in [2.05, 4.69) is 16.0 Å². The molecule has 9 heteroatoms. The van der Waals surface area contributed by atoms with E-state index in [4.69, 9.17) is 10.8 Å². The van der Waals surface area contributed by atoms with Crippen molar-refractivity contribution in [3.8, 4) is 0 Å². The van der Waals surface area contributed by atoms with Crippen LogP contribution in [0.25, 0.3) is 0 Å². The highest BCUT2D eigenvalue weighted by Crippen LogP contribution is 1.97. The van der Waals surface area contributed by atoms with Crippen molar-refractivity contribution in [2.75, 3.05) is 7.05 Å². The number of carbonyl (C=O) groups excluding carboxylic acids is 3. The van der Waals surface area contributed by atoms with Crippen LogP contribution in [0.5, 0.6) is 0 Å². The topological polar surface area (TPSA) is 151 Å². The normalized spacial score (nSPS) is 12.9. The number of rotatable bonds is 7. The fraction of sp³-hybridized carbons (Fsp3) is 0.600. The van der Waals surface area contributed by atoms with Gasteiger partial charge in [0.1, 0.15) is 12.1 Å². The van der Waals surface area contributed by atoms with Crippen molar-refractivity contribution in [2.45, 2.75) is 31.8 Å². The summed E-state index contributed by atoms with van der Waals surface area (Å²) >= 11 is 0. The lowest BCUT2D eigenvalue weighted by atomic mass is 10.1. The van der Waals surface area contributed by atoms with Gasteiger partial charge in [-0.05, 0) is 13.3 Å². The number of nitrogens with two attached hydrogens (primary N) is 1. The van der Waals surface area contributed by atoms with Gasteiger partial charge in [-0.2, -0.15) is 0 Å². The van der Waals surface area contributed by atoms with E-state index in [-0.39, 0.29) is 12.8 Å². The zero-order valence-electron chi connectivity index (χ0n) is 10.7. The molecule has 9 nitrogen and oxygen atoms in total. The molecule has 0 fully saturated rings. The first-order valence-corrected chi connectivity index (χ1v) is 5.57. The maximum atomic E-state index is 11.5. The Labute approximate surface area is 109 Å². The summed E-state index contributed by atoms with van der Waals surface area (Å²) in [5, 5.41) is 15.6. The molecule has 0 radical (unpaired) electrons. The highest BCUT2D eigenvalue weighted by Gasteiger charge is 2.22. The first kappa shape index (κ1) is 16.7. The van der Waals surface area contributed by atoms with Crippen LogP contribution in [0.2, 0.25) is 0 Å². The number of hydrogen-bond donors (Lipinski definition) is 5. The predicted molar refractivity (Wildman–Crippen MR) is 65.0 cm³/mol. The number of nitrogens with one attached hydrogen (secondary N) is 3. The summed E-state index contributed by atoms with van der Waals surface area (Å²) in [5.41, 5.74) is 4.90. The Hall–Kier alpha value is -2.32. The van der Waals surface area contributed by atoms with Gasteiger partial charge >= 0.3 is 12.0 Å². The van der Waals surface area contributed by atoms with Crippen molar-refractivity contribution in [2.24, 2.45) is 5.73 Å². The lowest BCUT2D eigenvalue weighted by molar-refractivity contribution is -0.139. The monoisotopic (exact) mass is 274 g/mol. The highest BCUT2D eigenvalue weighted by atomic mass is 16.4. The van der Waals surface area contributed by atoms with Crippen molar-refractivity contribution < 1.29 is 24.3 Å². The predicted octanol–water partition coefficient (Wildman–Crippen LogP) is -1.86. The highest BCUT2D eigenvalue weighted by molar-refractivity contribution is 5.88. The zero-order valence-corrected chi connectivity index (χ0v) is 10.7. The maximum absolute atomic E-state index is 11.5. The minimum atomic E-state index is -1.29. The van der Waals surface area contributed by atoms with Gasteiger partial charge in [0, 0.05) is 13.5 Å². The molecule has 0 saturated heterocycles. The number of carbonyl (C=O) groups is 4. The molecule has 0 bridgehead atoms. The Morgan fingerprint density at radius 1 is 1.21 bits per heavy atom. The Kier molecular flexibility index (Phi) is 6.94. The molecule has 0 saturated carbocycles. The SMILES string of the molecule is CNC(=O)C(C)NC(=O)N[C@@H](CCC(N)=O)C(=O)O. The van der Waals surface area contributed by atoms with Crippen LogP contribution < -0.4 is 21.7 Å². The van der Waals surface area contributed by atoms with Gasteiger partial charge < -0.3 is 26.8 Å². The van der Waals surface area contributed by atoms with Gasteiger partial charge in [-0.15, -0.1) is 0 Å². The lowest BCUT2D eigenvalue weighted by Gasteiger charge is -2.17. The zero-order chi connectivity index (χ0) is 15.0. The summed E-state index contributed by atoms with van der Waals surface area (Å²) in [6, 6.07) is -2.87. The maximum Gasteiger partial charge on any atom is 0.326 e. The largest absolute Gasteiger partial charge is 0.480 e. The molecule has 0 rings (SSSR count). The first-order chi connectivity index (χ1) is 8.77. The van der Waals surface area contributed by atoms with E-state index >= 15 is 0 Å². The average molecular weight is 274 g/mol. The van der Waals surface area contributed by atoms with E-state index in [0.29, 0.717) is 0 Å². The number of carboxylic acids is 1. The van der Waals surface area contributed by atoms with Crippen LogP contribution in [-0.2, 0) is 14.4 Å². The number of amides is 4. The third kappa shape index (κ3) is 6.86. The summed E-state index contributed by atoms with van der Waals surface area (Å²) < 4.78 is 0. The molecule has 4 amide bonds. The molecule has 6 N–H and O–H groups in total. The minimum absolute atomic E-state index is 0.119. The third-order valence-electron chi connectivity index (χ3n) is 2.27. The van der Waals surface area contributed by atoms with Crippen molar-refractivity contribution in [1.82, 2.24) is 16.0 Å². The molecule has 108 valence electrons. The van der Waals surface area contributed by atoms with Crippen molar-refractivity contribution in [3.05, 3.63) is 0 Å². The number of primary amides is 1. The summed E-state index contributed by atoms with van der Waals surface area (Å²) in [5.74, 6) is -2.37. The van der Waals surface area contributed by atoms with Crippen molar-refractivity contribution in [1.29, 1.82) is 0 Å². The van der Waals surface area contributed by atoms with Crippen LogP contribution in [0.1, 0.15) is 19.8 Å². The van der Waals surface area contributed by atoms with Gasteiger partial charge in [-0.1, -0.05) is 0 Å². The number of likely N-dealkylation sites (N-methyl/N-ethyl adjacent to an activating group) is 1. The van der Waals surface area contributed by atoms with Crippen LogP contribution in [0.4, 0.5) is 4.79 Å². The van der Waals surface area contributed by atoms with Crippen LogP contribution in [-0.4, -0.2) is 48.1 Å². The smallest absolute Gasteiger partial charge is 0.326 e. The summed E-state index contributed by atoms with van der Waals surface area (Å²) in [7, 11) is 1.41. The van der Waals surface area contributed by atoms with Crippen LogP contribution in [0.3, 0.4) is 0 Å². The fourth-order valence-corrected chi connectivity index (χ4v) is 1.22. The van der Waals surface area contributed by atoms with E-state index in [9.17, 15) is 19.2 Å². The molecular weight excluding hydrogens is 256 g/mol. The second kappa shape index (κ2) is 7.90. The van der Waals surface area contributed by atoms with Crippen LogP contribution >= 0.6 is 0 Å². The number of hydrogen-bond acceptors (Lipinski definition) is 4. The molecule has 0 aliphatic heterocycles. The quantitative estimate of drug-likeness (QED) is 0.369. The third-order valence-corrected chi connectivity index (χ3v) is 2.27. The van der Waals surface area contributed by atoms with Gasteiger partial charge in [-0.25, -0.2) is 9.59 Å². The van der Waals surface area contributed by atoms with E-state index in [1.54, 1.807) is 0 Å². The van der Waals surface area contributed by atoms with Gasteiger partial charge in [0.2, 0.25) is 11.8 Å². The number of carboxylic acid groups (broad SMARTS) is 1. The Morgan fingerprint density at radius 3 is 2.21 bits per heavy atom. The van der Waals surface area contributed by atoms with Gasteiger partial charge in [0.05, 0.1) is 0 Å². The van der Waals surface area contributed by atoms with E-state index in [1.807, 2.05) is 0 Å². The molecule has 0 aromatic carbocycles. The Morgan fingerprint density at radius 2 is 1.79 bits per heavy atom. The Bertz CT molecular complexity index is 371. The molecule has 0 aromatic heterocycles. The number of urea groups is 1. The van der Waals surface area contributed by atoms with E-state index < -0.39 is 35.9 Å². The second-order valence-corrected chi connectivity index (χ2v) is 3.85. The van der Waals surface area contributed by atoms with Crippen molar-refractivity contribution in [3.63, 3.8) is 0 Å². The molecule has 2 atom stereocenters. The lowest BCUT2D eigenvalue weighted by Crippen LogP contribution is -2.52. The van der Waals surface area contributed by atoms with Crippen LogP contribution in [0.15, 0.2) is 0 Å². The van der Waals surface area contributed by atoms with Gasteiger partial charge in [0.15, 0.2) is 0 Å². The first-order valence-electron chi connectivity index (χ1n) is 5.57. The fourth-order valence-electron chi connectivity index (χ4n) is 1.22. The Balaban J connectivity index is 4.35. The van der Waals surface area contributed by atoms with Gasteiger partial charge in [-0.3, -0.25) is 9.59 Å². The molecule has 1 unspecified atom stereocenters. The average Bonchev–Trinajstić information content (AvgIpc) is 2.32. The molecular formula is C10H18N4O5. The van der Waals surface area contributed by atoms with Gasteiger partial charge in [0.25, 0.3) is 0 Å². The summed E-state index contributed by atoms with van der Waals surface area (Å²) in [6.07, 6.45) is -0.283. The second-order valence-electron chi connectivity index (χ2n) is 3.85. The number of aliphatic carboxylic acids is 1. The van der Waals surface area contributed by atoms with E-state index in [0.717, 1.165) is 0 Å². The van der Waals surface area contributed by atoms with E-state index in [1.165, 1.54) is 14.0 Å². The molecule has 0 spiro atoms.